The molecular weight excluding hydrogens is 485 g/mol. The molecule has 0 bridgehead atoms. The van der Waals surface area contributed by atoms with E-state index in [1.165, 1.54) is 44.8 Å². The molecule has 0 spiro atoms. The third-order valence-electron chi connectivity index (χ3n) is 4.95. The molecule has 2 rings (SSSR count). The number of halogens is 2. The number of anilines is 2. The first-order valence-electron chi connectivity index (χ1n) is 8.44. The van der Waals surface area contributed by atoms with E-state index in [2.05, 4.69) is 72.4 Å². The number of hydrogen-bond acceptors (Lipinski definition) is 2. The fourth-order valence-corrected chi connectivity index (χ4v) is 6.09. The van der Waals surface area contributed by atoms with Crippen LogP contribution in [0.5, 0.6) is 0 Å². The van der Waals surface area contributed by atoms with Crippen LogP contribution in [0.1, 0.15) is 47.2 Å². The number of rotatable bonds is 6. The predicted molar refractivity (Wildman–Crippen MR) is 103 cm³/mol. The molecule has 0 amide bonds. The summed E-state index contributed by atoms with van der Waals surface area (Å²) in [5.74, 6) is 0. The van der Waals surface area contributed by atoms with Crippen LogP contribution >= 0.6 is 0 Å². The minimum atomic E-state index is -1.13. The maximum absolute atomic E-state index is 3.71. The van der Waals surface area contributed by atoms with Gasteiger partial charge in [-0.2, -0.15) is 0 Å². The van der Waals surface area contributed by atoms with Gasteiger partial charge in [0.05, 0.1) is 0 Å². The minimum absolute atomic E-state index is 0. The molecule has 0 radical (unpaired) electrons. The van der Waals surface area contributed by atoms with Gasteiger partial charge < -0.3 is 0 Å². The molecular formula is C20H30F2HfN2. The standard InChI is InChI=1S/2C10H14N.2FH.Hf/c2*1-4-9-5-6-10(11)8(3)7(9)2;;;/h2*5-6,11H,4H2,1-3H3;2*1H;/q2*-1;;;+2. The Morgan fingerprint density at radius 2 is 1.00 bits per heavy atom. The molecule has 0 atom stereocenters. The third kappa shape index (κ3) is 5.37. The van der Waals surface area contributed by atoms with E-state index in [1.54, 1.807) is 0 Å². The monoisotopic (exact) mass is 516 g/mol. The van der Waals surface area contributed by atoms with Crippen LogP contribution in [0.4, 0.5) is 20.8 Å². The van der Waals surface area contributed by atoms with Crippen LogP contribution in [0.3, 0.4) is 0 Å². The second-order valence-corrected chi connectivity index (χ2v) is 8.82. The average Bonchev–Trinajstić information content (AvgIpc) is 2.55. The van der Waals surface area contributed by atoms with E-state index in [0.29, 0.717) is 0 Å². The average molecular weight is 515 g/mol. The molecule has 2 N–H and O–H groups in total. The molecule has 0 aromatic heterocycles. The van der Waals surface area contributed by atoms with E-state index in [4.69, 9.17) is 0 Å². The van der Waals surface area contributed by atoms with E-state index in [9.17, 15) is 0 Å². The maximum atomic E-state index is 3.71. The summed E-state index contributed by atoms with van der Waals surface area (Å²) in [6.07, 6.45) is 2.21. The van der Waals surface area contributed by atoms with Crippen LogP contribution in [0.25, 0.3) is 0 Å². The van der Waals surface area contributed by atoms with E-state index >= 15 is 0 Å². The first-order chi connectivity index (χ1) is 11.0. The SMILES string of the molecule is CCc1ccc([NH][Hf][NH]c2ccc(CC)c(C)c2C)c(C)c1C.F.F. The van der Waals surface area contributed by atoms with Crippen molar-refractivity contribution in [1.82, 2.24) is 0 Å². The Morgan fingerprint density at radius 1 is 0.640 bits per heavy atom. The molecule has 0 unspecified atom stereocenters. The van der Waals surface area contributed by atoms with Crippen molar-refractivity contribution in [2.24, 2.45) is 0 Å². The van der Waals surface area contributed by atoms with Gasteiger partial charge in [-0.25, -0.2) is 0 Å². The Labute approximate surface area is 162 Å². The molecule has 0 fully saturated rings. The van der Waals surface area contributed by atoms with Crippen molar-refractivity contribution < 1.29 is 32.9 Å². The molecule has 25 heavy (non-hydrogen) atoms. The van der Waals surface area contributed by atoms with Crippen molar-refractivity contribution in [1.29, 1.82) is 0 Å². The smallest absolute Gasteiger partial charge is 0.269 e. The molecule has 0 heterocycles. The number of aryl methyl sites for hydroxylation is 2. The number of nitrogens with one attached hydrogen (secondary N) is 2. The molecule has 2 nitrogen and oxygen atoms in total. The largest absolute Gasteiger partial charge is 0.269 e. The van der Waals surface area contributed by atoms with E-state index < -0.39 is 23.5 Å². The van der Waals surface area contributed by atoms with Crippen molar-refractivity contribution in [3.63, 3.8) is 0 Å². The van der Waals surface area contributed by atoms with Gasteiger partial charge in [0.2, 0.25) is 0 Å². The fourth-order valence-electron chi connectivity index (χ4n) is 2.96. The summed E-state index contributed by atoms with van der Waals surface area (Å²) in [5.41, 5.74) is 11.2. The predicted octanol–water partition coefficient (Wildman–Crippen LogP) is 5.79. The summed E-state index contributed by atoms with van der Waals surface area (Å²) in [7, 11) is 0. The molecule has 0 saturated carbocycles. The van der Waals surface area contributed by atoms with Gasteiger partial charge in [0.1, 0.15) is 0 Å². The van der Waals surface area contributed by atoms with Crippen molar-refractivity contribution >= 4 is 11.4 Å². The first-order valence-corrected chi connectivity index (χ1v) is 12.0. The van der Waals surface area contributed by atoms with Crippen LogP contribution < -0.4 is 6.61 Å². The van der Waals surface area contributed by atoms with Gasteiger partial charge >= 0.3 is 153 Å². The Morgan fingerprint density at radius 3 is 1.32 bits per heavy atom. The van der Waals surface area contributed by atoms with Gasteiger partial charge in [0.15, 0.2) is 0 Å². The van der Waals surface area contributed by atoms with Crippen LogP contribution in [0.15, 0.2) is 24.3 Å². The summed E-state index contributed by atoms with van der Waals surface area (Å²) in [6, 6.07) is 9.02. The first kappa shape index (κ1) is 23.8. The Bertz CT molecular complexity index is 643. The molecule has 0 saturated heterocycles. The Hall–Kier alpha value is -1.23. The van der Waals surface area contributed by atoms with Crippen molar-refractivity contribution in [3.05, 3.63) is 57.6 Å². The summed E-state index contributed by atoms with van der Waals surface area (Å²) in [4.78, 5) is 0. The second-order valence-electron chi connectivity index (χ2n) is 6.13. The van der Waals surface area contributed by atoms with E-state index in [0.717, 1.165) is 12.8 Å². The zero-order valence-electron chi connectivity index (χ0n) is 16.0. The minimum Gasteiger partial charge on any atom is -0.269 e. The van der Waals surface area contributed by atoms with Gasteiger partial charge in [-0.3, -0.25) is 9.41 Å². The van der Waals surface area contributed by atoms with Crippen LogP contribution in [0.2, 0.25) is 0 Å². The zero-order chi connectivity index (χ0) is 17.0. The fraction of sp³-hybridized carbons (Fsp3) is 0.400. The van der Waals surface area contributed by atoms with Crippen molar-refractivity contribution in [2.75, 3.05) is 6.61 Å². The van der Waals surface area contributed by atoms with Crippen LogP contribution in [-0.4, -0.2) is 0 Å². The van der Waals surface area contributed by atoms with Gasteiger partial charge in [-0.1, -0.05) is 0 Å². The molecule has 138 valence electrons. The van der Waals surface area contributed by atoms with Crippen molar-refractivity contribution in [3.8, 4) is 0 Å². The summed E-state index contributed by atoms with van der Waals surface area (Å²) >= 11 is -1.13. The number of benzene rings is 2. The van der Waals surface area contributed by atoms with Gasteiger partial charge in [-0.05, 0) is 0 Å². The quantitative estimate of drug-likeness (QED) is 0.477. The zero-order valence-corrected chi connectivity index (χ0v) is 19.6. The third-order valence-corrected chi connectivity index (χ3v) is 7.79. The van der Waals surface area contributed by atoms with Gasteiger partial charge in [-0.15, -0.1) is 0 Å². The topological polar surface area (TPSA) is 24.1 Å². The van der Waals surface area contributed by atoms with Crippen LogP contribution in [-0.2, 0) is 36.3 Å². The second kappa shape index (κ2) is 10.7. The van der Waals surface area contributed by atoms with Crippen molar-refractivity contribution in [2.45, 2.75) is 54.4 Å². The summed E-state index contributed by atoms with van der Waals surface area (Å²) in [5, 5.41) is 0. The summed E-state index contributed by atoms with van der Waals surface area (Å²) in [6.45, 7) is 13.4. The maximum Gasteiger partial charge on any atom is -0.269 e. The van der Waals surface area contributed by atoms with E-state index in [1.807, 2.05) is 0 Å². The molecule has 0 aliphatic rings. The molecule has 5 heteroatoms. The summed E-state index contributed by atoms with van der Waals surface area (Å²) < 4.78 is 7.42. The number of hydrogen-bond donors (Lipinski definition) is 2. The molecule has 2 aromatic rings. The molecule has 0 aliphatic carbocycles. The molecule has 0 aliphatic heterocycles. The van der Waals surface area contributed by atoms with Crippen LogP contribution in [0, 0.1) is 27.7 Å². The Balaban J connectivity index is 0.00000288. The normalized spacial score (nSPS) is 9.68. The van der Waals surface area contributed by atoms with Gasteiger partial charge in [0, 0.05) is 0 Å². The Kier molecular flexibility index (Phi) is 10.2. The van der Waals surface area contributed by atoms with Gasteiger partial charge in [0.25, 0.3) is 0 Å². The van der Waals surface area contributed by atoms with E-state index in [-0.39, 0.29) is 9.41 Å². The molecule has 2 aromatic carbocycles.